The van der Waals surface area contributed by atoms with E-state index < -0.39 is 0 Å². The van der Waals surface area contributed by atoms with Crippen LogP contribution in [0.15, 0.2) is 18.2 Å². The second-order valence-corrected chi connectivity index (χ2v) is 4.89. The minimum absolute atomic E-state index is 0.0385. The summed E-state index contributed by atoms with van der Waals surface area (Å²) in [5.41, 5.74) is 1.82. The van der Waals surface area contributed by atoms with E-state index >= 15 is 0 Å². The number of hydrogen-bond acceptors (Lipinski definition) is 3. The first-order chi connectivity index (χ1) is 8.40. The molecule has 1 atom stereocenters. The fourth-order valence-electron chi connectivity index (χ4n) is 1.75. The molecule has 1 amide bonds. The largest absolute Gasteiger partial charge is 0.508 e. The van der Waals surface area contributed by atoms with E-state index in [0.29, 0.717) is 0 Å². The average molecular weight is 250 g/mol. The lowest BCUT2D eigenvalue weighted by molar-refractivity contribution is -0.120. The molecule has 1 rings (SSSR count). The summed E-state index contributed by atoms with van der Waals surface area (Å²) in [6, 6.07) is 5.62. The van der Waals surface area contributed by atoms with Crippen LogP contribution in [0.2, 0.25) is 0 Å². The van der Waals surface area contributed by atoms with E-state index in [2.05, 4.69) is 10.6 Å². The van der Waals surface area contributed by atoms with E-state index in [1.807, 2.05) is 39.8 Å². The molecular weight excluding hydrogens is 228 g/mol. The minimum Gasteiger partial charge on any atom is -0.508 e. The van der Waals surface area contributed by atoms with E-state index in [9.17, 15) is 9.90 Å². The van der Waals surface area contributed by atoms with Gasteiger partial charge in [0, 0.05) is 17.6 Å². The number of amides is 1. The van der Waals surface area contributed by atoms with Gasteiger partial charge in [0.25, 0.3) is 0 Å². The maximum absolute atomic E-state index is 11.5. The van der Waals surface area contributed by atoms with Gasteiger partial charge in [0.2, 0.25) is 5.91 Å². The molecule has 0 aromatic heterocycles. The van der Waals surface area contributed by atoms with E-state index in [-0.39, 0.29) is 30.3 Å². The van der Waals surface area contributed by atoms with Crippen molar-refractivity contribution in [2.45, 2.75) is 39.8 Å². The molecule has 18 heavy (non-hydrogen) atoms. The highest BCUT2D eigenvalue weighted by Gasteiger charge is 2.11. The SMILES string of the molecule is Cc1ccc(C(C)NCC(=O)NC(C)C)c(O)c1. The highest BCUT2D eigenvalue weighted by Crippen LogP contribution is 2.24. The molecule has 0 aliphatic carbocycles. The summed E-state index contributed by atoms with van der Waals surface area (Å²) in [5, 5.41) is 15.7. The molecule has 0 radical (unpaired) electrons. The highest BCUT2D eigenvalue weighted by molar-refractivity contribution is 5.78. The molecular formula is C14H22N2O2. The summed E-state index contributed by atoms with van der Waals surface area (Å²) in [6.45, 7) is 7.94. The van der Waals surface area contributed by atoms with Crippen molar-refractivity contribution in [2.24, 2.45) is 0 Å². The fourth-order valence-corrected chi connectivity index (χ4v) is 1.75. The third-order valence-electron chi connectivity index (χ3n) is 2.67. The third kappa shape index (κ3) is 4.37. The van der Waals surface area contributed by atoms with Gasteiger partial charge in [-0.25, -0.2) is 0 Å². The molecule has 0 spiro atoms. The van der Waals surface area contributed by atoms with Crippen LogP contribution in [0.3, 0.4) is 0 Å². The second kappa shape index (κ2) is 6.40. The van der Waals surface area contributed by atoms with Crippen molar-refractivity contribution in [1.29, 1.82) is 0 Å². The van der Waals surface area contributed by atoms with Crippen molar-refractivity contribution < 1.29 is 9.90 Å². The molecule has 0 saturated carbocycles. The van der Waals surface area contributed by atoms with Crippen LogP contribution in [-0.2, 0) is 4.79 Å². The molecule has 0 heterocycles. The van der Waals surface area contributed by atoms with Crippen LogP contribution in [0.1, 0.15) is 37.9 Å². The molecule has 4 nitrogen and oxygen atoms in total. The van der Waals surface area contributed by atoms with Crippen molar-refractivity contribution in [3.05, 3.63) is 29.3 Å². The van der Waals surface area contributed by atoms with Gasteiger partial charge in [-0.05, 0) is 39.3 Å². The summed E-state index contributed by atoms with van der Waals surface area (Å²) in [4.78, 5) is 11.5. The Morgan fingerprint density at radius 2 is 2.00 bits per heavy atom. The molecule has 3 N–H and O–H groups in total. The summed E-state index contributed by atoms with van der Waals surface area (Å²) in [7, 11) is 0. The van der Waals surface area contributed by atoms with Crippen LogP contribution in [0.5, 0.6) is 5.75 Å². The number of aryl methyl sites for hydroxylation is 1. The highest BCUT2D eigenvalue weighted by atomic mass is 16.3. The molecule has 0 saturated heterocycles. The van der Waals surface area contributed by atoms with Gasteiger partial charge in [0.1, 0.15) is 5.75 Å². The standard InChI is InChI=1S/C14H22N2O2/c1-9(2)16-14(18)8-15-11(4)12-6-5-10(3)7-13(12)17/h5-7,9,11,15,17H,8H2,1-4H3,(H,16,18). The Hall–Kier alpha value is -1.55. The maximum atomic E-state index is 11.5. The number of rotatable bonds is 5. The first kappa shape index (κ1) is 14.5. The third-order valence-corrected chi connectivity index (χ3v) is 2.67. The van der Waals surface area contributed by atoms with Crippen LogP contribution in [-0.4, -0.2) is 23.6 Å². The van der Waals surface area contributed by atoms with Crippen molar-refractivity contribution in [3.63, 3.8) is 0 Å². The zero-order chi connectivity index (χ0) is 13.7. The Labute approximate surface area is 108 Å². The Kier molecular flexibility index (Phi) is 5.16. The first-order valence-electron chi connectivity index (χ1n) is 6.22. The number of phenolic OH excluding ortho intramolecular Hbond substituents is 1. The Balaban J connectivity index is 2.55. The normalized spacial score (nSPS) is 12.5. The molecule has 1 aromatic rings. The van der Waals surface area contributed by atoms with E-state index in [1.165, 1.54) is 0 Å². The maximum Gasteiger partial charge on any atom is 0.234 e. The average Bonchev–Trinajstić information content (AvgIpc) is 2.25. The number of carbonyl (C=O) groups excluding carboxylic acids is 1. The molecule has 4 heteroatoms. The van der Waals surface area contributed by atoms with Crippen LogP contribution in [0.4, 0.5) is 0 Å². The summed E-state index contributed by atoms with van der Waals surface area (Å²) in [5.74, 6) is 0.225. The van der Waals surface area contributed by atoms with Gasteiger partial charge in [-0.15, -0.1) is 0 Å². The van der Waals surface area contributed by atoms with Crippen LogP contribution >= 0.6 is 0 Å². The number of aromatic hydroxyl groups is 1. The molecule has 0 bridgehead atoms. The molecule has 0 aliphatic rings. The van der Waals surface area contributed by atoms with Crippen molar-refractivity contribution in [2.75, 3.05) is 6.54 Å². The lowest BCUT2D eigenvalue weighted by Gasteiger charge is -2.16. The van der Waals surface area contributed by atoms with Crippen molar-refractivity contribution in [3.8, 4) is 5.75 Å². The predicted molar refractivity (Wildman–Crippen MR) is 72.5 cm³/mol. The zero-order valence-electron chi connectivity index (χ0n) is 11.4. The van der Waals surface area contributed by atoms with E-state index in [0.717, 1.165) is 11.1 Å². The van der Waals surface area contributed by atoms with Crippen LogP contribution in [0.25, 0.3) is 0 Å². The topological polar surface area (TPSA) is 61.4 Å². The summed E-state index contributed by atoms with van der Waals surface area (Å²) < 4.78 is 0. The van der Waals surface area contributed by atoms with Gasteiger partial charge in [0.15, 0.2) is 0 Å². The van der Waals surface area contributed by atoms with Crippen molar-refractivity contribution >= 4 is 5.91 Å². The van der Waals surface area contributed by atoms with E-state index in [1.54, 1.807) is 6.07 Å². The number of benzene rings is 1. The smallest absolute Gasteiger partial charge is 0.234 e. The second-order valence-electron chi connectivity index (χ2n) is 4.89. The van der Waals surface area contributed by atoms with Gasteiger partial charge in [-0.3, -0.25) is 4.79 Å². The van der Waals surface area contributed by atoms with Gasteiger partial charge in [-0.1, -0.05) is 12.1 Å². The van der Waals surface area contributed by atoms with Crippen LogP contribution in [0, 0.1) is 6.92 Å². The predicted octanol–water partition coefficient (Wildman–Crippen LogP) is 1.88. The zero-order valence-corrected chi connectivity index (χ0v) is 11.4. The van der Waals surface area contributed by atoms with E-state index in [4.69, 9.17) is 0 Å². The Morgan fingerprint density at radius 1 is 1.33 bits per heavy atom. The molecule has 0 aliphatic heterocycles. The van der Waals surface area contributed by atoms with Gasteiger partial charge in [0.05, 0.1) is 6.54 Å². The first-order valence-corrected chi connectivity index (χ1v) is 6.22. The lowest BCUT2D eigenvalue weighted by Crippen LogP contribution is -2.38. The number of carbonyl (C=O) groups is 1. The fraction of sp³-hybridized carbons (Fsp3) is 0.500. The molecule has 0 fully saturated rings. The molecule has 100 valence electrons. The van der Waals surface area contributed by atoms with Gasteiger partial charge >= 0.3 is 0 Å². The quantitative estimate of drug-likeness (QED) is 0.747. The Morgan fingerprint density at radius 3 is 2.56 bits per heavy atom. The monoisotopic (exact) mass is 250 g/mol. The lowest BCUT2D eigenvalue weighted by atomic mass is 10.1. The van der Waals surface area contributed by atoms with Crippen LogP contribution < -0.4 is 10.6 Å². The summed E-state index contributed by atoms with van der Waals surface area (Å²) in [6.07, 6.45) is 0. The van der Waals surface area contributed by atoms with Gasteiger partial charge in [-0.2, -0.15) is 0 Å². The summed E-state index contributed by atoms with van der Waals surface area (Å²) >= 11 is 0. The Bertz CT molecular complexity index is 416. The molecule has 1 unspecified atom stereocenters. The van der Waals surface area contributed by atoms with Gasteiger partial charge < -0.3 is 15.7 Å². The number of nitrogens with one attached hydrogen (secondary N) is 2. The number of hydrogen-bond donors (Lipinski definition) is 3. The number of phenols is 1. The minimum atomic E-state index is -0.0662. The van der Waals surface area contributed by atoms with Crippen molar-refractivity contribution in [1.82, 2.24) is 10.6 Å². The molecule has 1 aromatic carbocycles.